The van der Waals surface area contributed by atoms with Crippen molar-refractivity contribution in [3.8, 4) is 0 Å². The van der Waals surface area contributed by atoms with E-state index in [1.54, 1.807) is 19.9 Å². The molecule has 0 spiro atoms. The number of aromatic nitrogens is 2. The zero-order valence-corrected chi connectivity index (χ0v) is 10.9. The molecular formula is C9H14ClN3O2S. The van der Waals surface area contributed by atoms with Crippen molar-refractivity contribution in [3.63, 3.8) is 0 Å². The van der Waals surface area contributed by atoms with Crippen LogP contribution >= 0.6 is 11.6 Å². The number of nitrogens with zero attached hydrogens (tertiary/aromatic N) is 2. The zero-order chi connectivity index (χ0) is 12.4. The van der Waals surface area contributed by atoms with Gasteiger partial charge in [-0.05, 0) is 13.8 Å². The summed E-state index contributed by atoms with van der Waals surface area (Å²) in [5.74, 6) is 0. The van der Waals surface area contributed by atoms with Crippen molar-refractivity contribution in [1.29, 1.82) is 0 Å². The van der Waals surface area contributed by atoms with Crippen LogP contribution in [0, 0.1) is 0 Å². The first kappa shape index (κ1) is 13.2. The molecule has 16 heavy (non-hydrogen) atoms. The summed E-state index contributed by atoms with van der Waals surface area (Å²) in [6, 6.07) is 1.59. The van der Waals surface area contributed by atoms with Crippen molar-refractivity contribution >= 4 is 27.1 Å². The molecule has 0 aliphatic rings. The van der Waals surface area contributed by atoms with Crippen molar-refractivity contribution < 1.29 is 8.42 Å². The number of rotatable bonds is 4. The van der Waals surface area contributed by atoms with Gasteiger partial charge >= 0.3 is 0 Å². The SMILES string of the molecule is CC(C)(CNc1cnnc(Cl)c1)S(C)(=O)=O. The Bertz CT molecular complexity index is 473. The van der Waals surface area contributed by atoms with Crippen molar-refractivity contribution in [2.45, 2.75) is 18.6 Å². The van der Waals surface area contributed by atoms with Crippen LogP contribution in [-0.2, 0) is 9.84 Å². The Labute approximate surface area is 100 Å². The second-order valence-corrected chi connectivity index (χ2v) is 7.19. The summed E-state index contributed by atoms with van der Waals surface area (Å²) in [4.78, 5) is 0. The predicted octanol–water partition coefficient (Wildman–Crippen LogP) is 1.37. The summed E-state index contributed by atoms with van der Waals surface area (Å²) >= 11 is 5.65. The maximum absolute atomic E-state index is 11.4. The normalized spacial score (nSPS) is 12.5. The van der Waals surface area contributed by atoms with E-state index in [-0.39, 0.29) is 11.7 Å². The van der Waals surface area contributed by atoms with Gasteiger partial charge in [-0.2, -0.15) is 5.10 Å². The molecule has 1 aromatic heterocycles. The molecule has 0 amide bonds. The fourth-order valence-corrected chi connectivity index (χ4v) is 1.38. The van der Waals surface area contributed by atoms with Gasteiger partial charge in [0, 0.05) is 18.9 Å². The Hall–Kier alpha value is -0.880. The van der Waals surface area contributed by atoms with Crippen LogP contribution in [-0.4, -0.2) is 36.2 Å². The topological polar surface area (TPSA) is 72.0 Å². The summed E-state index contributed by atoms with van der Waals surface area (Å²) in [7, 11) is -3.11. The lowest BCUT2D eigenvalue weighted by Crippen LogP contribution is -2.38. The first-order chi connectivity index (χ1) is 7.22. The minimum atomic E-state index is -3.11. The average molecular weight is 264 g/mol. The number of hydrogen-bond donors (Lipinski definition) is 1. The minimum Gasteiger partial charge on any atom is -0.382 e. The largest absolute Gasteiger partial charge is 0.382 e. The molecular weight excluding hydrogens is 250 g/mol. The molecule has 0 aromatic carbocycles. The molecule has 1 aromatic rings. The van der Waals surface area contributed by atoms with E-state index in [9.17, 15) is 8.42 Å². The first-order valence-electron chi connectivity index (χ1n) is 4.64. The van der Waals surface area contributed by atoms with E-state index in [2.05, 4.69) is 15.5 Å². The van der Waals surface area contributed by atoms with Crippen LogP contribution < -0.4 is 5.32 Å². The van der Waals surface area contributed by atoms with Crippen LogP contribution in [0.2, 0.25) is 5.15 Å². The molecule has 0 unspecified atom stereocenters. The molecule has 0 aliphatic heterocycles. The molecule has 0 bridgehead atoms. The van der Waals surface area contributed by atoms with Crippen LogP contribution in [0.1, 0.15) is 13.8 Å². The molecule has 7 heteroatoms. The van der Waals surface area contributed by atoms with Crippen molar-refractivity contribution in [2.75, 3.05) is 18.1 Å². The second-order valence-electron chi connectivity index (χ2n) is 4.15. The number of anilines is 1. The van der Waals surface area contributed by atoms with E-state index in [0.717, 1.165) is 0 Å². The molecule has 1 rings (SSSR count). The van der Waals surface area contributed by atoms with Gasteiger partial charge in [-0.15, -0.1) is 5.10 Å². The standard InChI is InChI=1S/C9H14ClN3O2S/c1-9(2,16(3,14)15)6-11-7-4-8(10)13-12-5-7/h4-5H,6H2,1-3H3,(H,11,13). The van der Waals surface area contributed by atoms with Crippen molar-refractivity contribution in [2.24, 2.45) is 0 Å². The van der Waals surface area contributed by atoms with Gasteiger partial charge in [-0.1, -0.05) is 11.6 Å². The van der Waals surface area contributed by atoms with Gasteiger partial charge in [-0.3, -0.25) is 0 Å². The highest BCUT2D eigenvalue weighted by Gasteiger charge is 2.29. The molecule has 90 valence electrons. The summed E-state index contributed by atoms with van der Waals surface area (Å²) in [6.07, 6.45) is 2.71. The van der Waals surface area contributed by atoms with Crippen LogP contribution in [0.15, 0.2) is 12.3 Å². The maximum Gasteiger partial charge on any atom is 0.154 e. The van der Waals surface area contributed by atoms with E-state index in [0.29, 0.717) is 5.69 Å². The quantitative estimate of drug-likeness (QED) is 0.888. The Kier molecular flexibility index (Phi) is 3.75. The van der Waals surface area contributed by atoms with Crippen LogP contribution in [0.25, 0.3) is 0 Å². The van der Waals surface area contributed by atoms with Crippen LogP contribution in [0.3, 0.4) is 0 Å². The van der Waals surface area contributed by atoms with Crippen molar-refractivity contribution in [1.82, 2.24) is 10.2 Å². The van der Waals surface area contributed by atoms with Gasteiger partial charge in [0.05, 0.1) is 16.6 Å². The lowest BCUT2D eigenvalue weighted by Gasteiger charge is -2.23. The number of halogens is 1. The smallest absolute Gasteiger partial charge is 0.154 e. The lowest BCUT2D eigenvalue weighted by molar-refractivity contribution is 0.560. The molecule has 0 saturated heterocycles. The summed E-state index contributed by atoms with van der Waals surface area (Å²) in [5.41, 5.74) is 0.650. The summed E-state index contributed by atoms with van der Waals surface area (Å²) in [6.45, 7) is 3.60. The maximum atomic E-state index is 11.4. The molecule has 0 saturated carbocycles. The summed E-state index contributed by atoms with van der Waals surface area (Å²) < 4.78 is 22.0. The van der Waals surface area contributed by atoms with E-state index >= 15 is 0 Å². The van der Waals surface area contributed by atoms with E-state index < -0.39 is 14.6 Å². The molecule has 0 radical (unpaired) electrons. The number of nitrogens with one attached hydrogen (secondary N) is 1. The molecule has 0 fully saturated rings. The van der Waals surface area contributed by atoms with Gasteiger partial charge in [0.25, 0.3) is 0 Å². The van der Waals surface area contributed by atoms with E-state index in [4.69, 9.17) is 11.6 Å². The highest BCUT2D eigenvalue weighted by molar-refractivity contribution is 7.92. The molecule has 0 atom stereocenters. The molecule has 0 aliphatic carbocycles. The monoisotopic (exact) mass is 263 g/mol. The van der Waals surface area contributed by atoms with Crippen LogP contribution in [0.4, 0.5) is 5.69 Å². The highest BCUT2D eigenvalue weighted by atomic mass is 35.5. The summed E-state index contributed by atoms with van der Waals surface area (Å²) in [5, 5.41) is 10.5. The lowest BCUT2D eigenvalue weighted by atomic mass is 10.2. The number of sulfone groups is 1. The van der Waals surface area contributed by atoms with Gasteiger partial charge in [0.2, 0.25) is 0 Å². The Morgan fingerprint density at radius 3 is 2.62 bits per heavy atom. The minimum absolute atomic E-state index is 0.266. The third-order valence-corrected chi connectivity index (χ3v) is 4.68. The molecule has 1 N–H and O–H groups in total. The van der Waals surface area contributed by atoms with E-state index in [1.165, 1.54) is 12.5 Å². The molecule has 1 heterocycles. The van der Waals surface area contributed by atoms with Crippen molar-refractivity contribution in [3.05, 3.63) is 17.4 Å². The third kappa shape index (κ3) is 3.31. The average Bonchev–Trinajstić information content (AvgIpc) is 2.13. The zero-order valence-electron chi connectivity index (χ0n) is 9.36. The van der Waals surface area contributed by atoms with Gasteiger partial charge < -0.3 is 5.32 Å². The van der Waals surface area contributed by atoms with Crippen LogP contribution in [0.5, 0.6) is 0 Å². The predicted molar refractivity (Wildman–Crippen MR) is 64.5 cm³/mol. The highest BCUT2D eigenvalue weighted by Crippen LogP contribution is 2.17. The fraction of sp³-hybridized carbons (Fsp3) is 0.556. The number of hydrogen-bond acceptors (Lipinski definition) is 5. The Morgan fingerprint density at radius 2 is 2.12 bits per heavy atom. The van der Waals surface area contributed by atoms with E-state index in [1.807, 2.05) is 0 Å². The fourth-order valence-electron chi connectivity index (χ4n) is 0.883. The Morgan fingerprint density at radius 1 is 1.50 bits per heavy atom. The first-order valence-corrected chi connectivity index (χ1v) is 6.91. The van der Waals surface area contributed by atoms with Gasteiger partial charge in [0.15, 0.2) is 15.0 Å². The van der Waals surface area contributed by atoms with Gasteiger partial charge in [-0.25, -0.2) is 8.42 Å². The molecule has 5 nitrogen and oxygen atoms in total. The Balaban J connectivity index is 2.72. The second kappa shape index (κ2) is 4.55. The third-order valence-electron chi connectivity index (χ3n) is 2.35. The van der Waals surface area contributed by atoms with Gasteiger partial charge in [0.1, 0.15) is 0 Å².